The second-order valence-electron chi connectivity index (χ2n) is 10.8. The third-order valence-electron chi connectivity index (χ3n) is 6.73. The number of rotatable bonds is 10. The molecule has 206 valence electrons. The molecular weight excluding hydrogens is 494 g/mol. The molecule has 2 aliphatic rings. The maximum Gasteiger partial charge on any atom is 0.388 e. The van der Waals surface area contributed by atoms with Gasteiger partial charge in [0.1, 0.15) is 5.60 Å². The molecule has 1 fully saturated rings. The highest BCUT2D eigenvalue weighted by molar-refractivity contribution is 5.78. The lowest BCUT2D eigenvalue weighted by molar-refractivity contribution is -0.156. The number of hydrogen-bond donors (Lipinski definition) is 0. The molecule has 0 unspecified atom stereocenters. The van der Waals surface area contributed by atoms with Crippen molar-refractivity contribution >= 4 is 12.0 Å². The highest BCUT2D eigenvalue weighted by atomic mass is 19.3. The van der Waals surface area contributed by atoms with Gasteiger partial charge in [-0.05, 0) is 76.5 Å². The Bertz CT molecular complexity index is 1120. The van der Waals surface area contributed by atoms with Crippen LogP contribution in [0.5, 0.6) is 5.88 Å². The van der Waals surface area contributed by atoms with E-state index in [2.05, 4.69) is 21.9 Å². The lowest BCUT2D eigenvalue weighted by Crippen LogP contribution is -2.37. The highest BCUT2D eigenvalue weighted by Gasteiger charge is 2.36. The summed E-state index contributed by atoms with van der Waals surface area (Å²) in [7, 11) is 0. The summed E-state index contributed by atoms with van der Waals surface area (Å²) in [5, 5.41) is 0. The first-order valence-corrected chi connectivity index (χ1v) is 13.2. The molecule has 10 heteroatoms. The number of esters is 1. The fourth-order valence-electron chi connectivity index (χ4n) is 5.01. The van der Waals surface area contributed by atoms with Crippen LogP contribution >= 0.6 is 0 Å². The number of nitrogens with zero attached hydrogens (tertiary/aromatic N) is 4. The van der Waals surface area contributed by atoms with Gasteiger partial charge in [0.2, 0.25) is 5.88 Å². The number of alkyl halides is 2. The second-order valence-corrected chi connectivity index (χ2v) is 10.8. The maximum atomic E-state index is 13.4. The van der Waals surface area contributed by atoms with Crippen molar-refractivity contribution in [3.05, 3.63) is 53.0 Å². The number of halogens is 2. The quantitative estimate of drug-likeness (QED) is 0.398. The molecule has 0 radical (unpaired) electrons. The topological polar surface area (TPSA) is 84.9 Å². The summed E-state index contributed by atoms with van der Waals surface area (Å²) in [6.07, 6.45) is 7.40. The van der Waals surface area contributed by atoms with E-state index < -0.39 is 24.2 Å². The first-order valence-electron chi connectivity index (χ1n) is 13.2. The molecule has 1 atom stereocenters. The molecule has 0 spiro atoms. The molecule has 2 aromatic rings. The molecule has 0 saturated carbocycles. The summed E-state index contributed by atoms with van der Waals surface area (Å²) in [5.41, 5.74) is 3.48. The molecule has 0 bridgehead atoms. The van der Waals surface area contributed by atoms with Crippen molar-refractivity contribution in [1.29, 1.82) is 0 Å². The van der Waals surface area contributed by atoms with Crippen LogP contribution in [0.1, 0.15) is 75.0 Å². The van der Waals surface area contributed by atoms with Gasteiger partial charge in [0.25, 0.3) is 0 Å². The Kier molecular flexibility index (Phi) is 8.79. The number of fused-ring (bicyclic) bond motifs is 1. The Morgan fingerprint density at radius 2 is 1.89 bits per heavy atom. The van der Waals surface area contributed by atoms with Crippen LogP contribution in [0, 0.1) is 0 Å². The fourth-order valence-corrected chi connectivity index (χ4v) is 5.01. The van der Waals surface area contributed by atoms with E-state index in [0.29, 0.717) is 25.2 Å². The molecule has 0 aromatic carbocycles. The molecule has 4 rings (SSSR count). The molecule has 8 nitrogen and oxygen atoms in total. The number of carbonyl (C=O) groups is 2. The first-order chi connectivity index (χ1) is 18.1. The lowest BCUT2D eigenvalue weighted by Gasteiger charge is -2.29. The Morgan fingerprint density at radius 1 is 1.11 bits per heavy atom. The van der Waals surface area contributed by atoms with Gasteiger partial charge < -0.3 is 19.3 Å². The van der Waals surface area contributed by atoms with Crippen molar-refractivity contribution in [2.45, 2.75) is 84.0 Å². The average molecular weight is 531 g/mol. The van der Waals surface area contributed by atoms with Crippen molar-refractivity contribution in [2.24, 2.45) is 0 Å². The Hall–Kier alpha value is -3.30. The van der Waals surface area contributed by atoms with E-state index in [9.17, 15) is 18.4 Å². The molecule has 3 heterocycles. The van der Waals surface area contributed by atoms with Gasteiger partial charge in [-0.1, -0.05) is 12.1 Å². The van der Waals surface area contributed by atoms with Crippen LogP contribution in [0.15, 0.2) is 30.5 Å². The lowest BCUT2D eigenvalue weighted by atomic mass is 9.95. The van der Waals surface area contributed by atoms with Crippen LogP contribution in [0.2, 0.25) is 0 Å². The first kappa shape index (κ1) is 27.7. The van der Waals surface area contributed by atoms with E-state index in [0.717, 1.165) is 31.4 Å². The van der Waals surface area contributed by atoms with Gasteiger partial charge in [0.15, 0.2) is 0 Å². The number of urea groups is 1. The van der Waals surface area contributed by atoms with Crippen LogP contribution < -0.4 is 4.74 Å². The predicted molar refractivity (Wildman–Crippen MR) is 137 cm³/mol. The van der Waals surface area contributed by atoms with Gasteiger partial charge in [0.05, 0.1) is 12.5 Å². The molecule has 38 heavy (non-hydrogen) atoms. The van der Waals surface area contributed by atoms with Crippen LogP contribution in [0.3, 0.4) is 0 Å². The van der Waals surface area contributed by atoms with Crippen LogP contribution in [0.25, 0.3) is 0 Å². The Morgan fingerprint density at radius 3 is 2.61 bits per heavy atom. The Labute approximate surface area is 222 Å². The summed E-state index contributed by atoms with van der Waals surface area (Å²) in [4.78, 5) is 38.3. The zero-order chi connectivity index (χ0) is 27.3. The zero-order valence-corrected chi connectivity index (χ0v) is 22.3. The van der Waals surface area contributed by atoms with E-state index in [4.69, 9.17) is 9.72 Å². The summed E-state index contributed by atoms with van der Waals surface area (Å²) in [6.45, 7) is 3.87. The van der Waals surface area contributed by atoms with E-state index in [-0.39, 0.29) is 18.3 Å². The summed E-state index contributed by atoms with van der Waals surface area (Å²) in [6, 6.07) is 6.33. The number of ether oxygens (including phenoxy) is 2. The van der Waals surface area contributed by atoms with Crippen molar-refractivity contribution in [3.8, 4) is 5.88 Å². The number of carbonyl (C=O) groups excluding carboxylic acids is 2. The molecule has 1 aliphatic heterocycles. The predicted octanol–water partition coefficient (Wildman–Crippen LogP) is 5.10. The van der Waals surface area contributed by atoms with Crippen LogP contribution in [-0.4, -0.2) is 63.6 Å². The summed E-state index contributed by atoms with van der Waals surface area (Å²) < 4.78 is 34.9. The number of hydrogen-bond acceptors (Lipinski definition) is 6. The zero-order valence-electron chi connectivity index (χ0n) is 22.3. The van der Waals surface area contributed by atoms with Crippen molar-refractivity contribution in [2.75, 3.05) is 19.6 Å². The summed E-state index contributed by atoms with van der Waals surface area (Å²) >= 11 is 0. The third-order valence-corrected chi connectivity index (χ3v) is 6.73. The molecule has 1 aliphatic carbocycles. The van der Waals surface area contributed by atoms with Crippen molar-refractivity contribution < 1.29 is 27.8 Å². The van der Waals surface area contributed by atoms with Gasteiger partial charge in [0, 0.05) is 43.3 Å². The maximum absolute atomic E-state index is 13.4. The normalized spacial score (nSPS) is 16.5. The van der Waals surface area contributed by atoms with Gasteiger partial charge in [-0.2, -0.15) is 8.78 Å². The fraction of sp³-hybridized carbons (Fsp3) is 0.571. The van der Waals surface area contributed by atoms with Crippen LogP contribution in [0.4, 0.5) is 13.6 Å². The SMILES string of the molecule is CC(C)(C)OC(=O)C[C@@H](c1ccc(OC(F)F)nc1)N1CCN(CCCc2ccc3c(n2)CCCC3)C1=O. The summed E-state index contributed by atoms with van der Waals surface area (Å²) in [5.74, 6) is -0.690. The van der Waals surface area contributed by atoms with Crippen molar-refractivity contribution in [1.82, 2.24) is 19.8 Å². The van der Waals surface area contributed by atoms with E-state index in [1.807, 2.05) is 0 Å². The smallest absolute Gasteiger partial charge is 0.388 e. The van der Waals surface area contributed by atoms with Gasteiger partial charge in [-0.3, -0.25) is 9.78 Å². The minimum Gasteiger partial charge on any atom is -0.460 e. The van der Waals surface area contributed by atoms with Crippen molar-refractivity contribution in [3.63, 3.8) is 0 Å². The number of aryl methyl sites for hydroxylation is 3. The largest absolute Gasteiger partial charge is 0.460 e. The van der Waals surface area contributed by atoms with E-state index in [1.165, 1.54) is 36.4 Å². The minimum atomic E-state index is -2.99. The number of aromatic nitrogens is 2. The molecule has 0 N–H and O–H groups in total. The average Bonchev–Trinajstić information content (AvgIpc) is 3.21. The molecule has 1 saturated heterocycles. The van der Waals surface area contributed by atoms with Gasteiger partial charge in [-0.25, -0.2) is 9.78 Å². The van der Waals surface area contributed by atoms with Gasteiger partial charge >= 0.3 is 18.6 Å². The van der Waals surface area contributed by atoms with E-state index in [1.54, 1.807) is 36.6 Å². The standard InChI is InChI=1S/C28H36F2N4O4/c1-28(2,3)38-25(35)17-23(20-11-13-24(31-18-20)37-26(29)30)34-16-15-33(27(34)36)14-6-8-21-12-10-19-7-4-5-9-22(19)32-21/h10-13,18,23,26H,4-9,14-17H2,1-3H3/t23-/m0/s1. The molecule has 2 amide bonds. The Balaban J connectivity index is 1.41. The highest BCUT2D eigenvalue weighted by Crippen LogP contribution is 2.30. The number of pyridine rings is 2. The second kappa shape index (κ2) is 12.0. The van der Waals surface area contributed by atoms with Crippen LogP contribution in [-0.2, 0) is 28.8 Å². The third kappa shape index (κ3) is 7.39. The van der Waals surface area contributed by atoms with Gasteiger partial charge in [-0.15, -0.1) is 0 Å². The monoisotopic (exact) mass is 530 g/mol. The minimum absolute atomic E-state index is 0.0768. The number of amides is 2. The molecular formula is C28H36F2N4O4. The molecule has 2 aromatic heterocycles. The van der Waals surface area contributed by atoms with E-state index >= 15 is 0 Å².